The Morgan fingerprint density at radius 3 is 0.385 bits per heavy atom. The molecule has 64 valence electrons. The van der Waals surface area contributed by atoms with Crippen LogP contribution in [0.1, 0.15) is 0 Å². The summed E-state index contributed by atoms with van der Waals surface area (Å²) in [5.74, 6) is 0. The third-order valence-corrected chi connectivity index (χ3v) is 0. The van der Waals surface area contributed by atoms with Crippen molar-refractivity contribution in [1.82, 2.24) is 0 Å². The van der Waals surface area contributed by atoms with Crippen LogP contribution in [0.15, 0.2) is 0 Å². The van der Waals surface area contributed by atoms with E-state index in [0.717, 1.165) is 0 Å². The zero-order valence-electron chi connectivity index (χ0n) is 5.87. The van der Waals surface area contributed by atoms with E-state index in [1.165, 1.54) is 19.6 Å². The van der Waals surface area contributed by atoms with Crippen molar-refractivity contribution in [2.75, 3.05) is 0 Å². The first-order valence-corrected chi connectivity index (χ1v) is 1.60. The summed E-state index contributed by atoms with van der Waals surface area (Å²) in [6, 6.07) is 0. The monoisotopic (exact) mass is 180 g/mol. The second kappa shape index (κ2) is 408. The Labute approximate surface area is 72.5 Å². The normalized spacial score (nSPS) is 2.46. The van der Waals surface area contributed by atoms with Crippen molar-refractivity contribution in [3.63, 3.8) is 0 Å². The molecule has 0 aromatic heterocycles. The zero-order valence-corrected chi connectivity index (χ0v) is 5.87. The van der Waals surface area contributed by atoms with Gasteiger partial charge in [0, 0.05) is 0 Å². The third kappa shape index (κ3) is 63.6. The Morgan fingerprint density at radius 1 is 0.385 bits per heavy atom. The van der Waals surface area contributed by atoms with Gasteiger partial charge in [-0.2, -0.15) is 0 Å². The van der Waals surface area contributed by atoms with Gasteiger partial charge >= 0.3 is 7.43 Å². The van der Waals surface area contributed by atoms with Gasteiger partial charge in [0.2, 0.25) is 0 Å². The van der Waals surface area contributed by atoms with Gasteiger partial charge in [-0.15, -0.1) is 0 Å². The molecule has 0 saturated heterocycles. The van der Waals surface area contributed by atoms with Crippen LogP contribution in [-0.2, 0) is 0 Å². The average Bonchev–Trinajstić information content (AvgIpc) is 1.92. The molecule has 0 amide bonds. The topological polar surface area (TPSA) is 235 Å². The zero-order chi connectivity index (χ0) is 10.8. The Morgan fingerprint density at radius 2 is 0.385 bits per heavy atom. The molecule has 0 unspecified atom stereocenters. The second-order valence-corrected chi connectivity index (χ2v) is 0.358. The summed E-state index contributed by atoms with van der Waals surface area (Å²) in [6.07, 6.45) is 0. The maximum absolute atomic E-state index is 6.75. The maximum Gasteiger partial charge on any atom is 4.00 e. The Bertz CT molecular complexity index is 137. The molecule has 0 aromatic rings. The molecule has 0 N–H and O–H groups in total. The summed E-state index contributed by atoms with van der Waals surface area (Å²) in [5, 5.41) is 0. The maximum atomic E-state index is 6.75. The first kappa shape index (κ1) is 31.8. The molecule has 0 radical (unpaired) electrons. The minimum atomic E-state index is 0. The van der Waals surface area contributed by atoms with E-state index in [-0.39, 0.29) is 7.43 Å². The molecule has 0 heterocycles. The van der Waals surface area contributed by atoms with Gasteiger partial charge in [0.1, 0.15) is 0 Å². The molecule has 0 bridgehead atoms. The van der Waals surface area contributed by atoms with E-state index < -0.39 is 0 Å². The van der Waals surface area contributed by atoms with Crippen molar-refractivity contribution in [2.45, 2.75) is 0 Å². The molecule has 0 aliphatic heterocycles. The van der Waals surface area contributed by atoms with E-state index in [9.17, 15) is 0 Å². The minimum absolute atomic E-state index is 0. The van der Waals surface area contributed by atoms with Gasteiger partial charge in [0.05, 0.1) is 0 Å². The number of hydrogen-bond donors (Lipinski definition) is 0. The molecule has 0 saturated carbocycles. The van der Waals surface area contributed by atoms with Crippen LogP contribution in [0.3, 0.4) is 0 Å². The van der Waals surface area contributed by atoms with Crippen LogP contribution in [0.5, 0.6) is 0 Å². The predicted octanol–water partition coefficient (Wildman–Crippen LogP) is 3.55. The van der Waals surface area contributed by atoms with Crippen LogP contribution >= 0.6 is 0 Å². The molecule has 0 spiro atoms. The summed E-state index contributed by atoms with van der Waals surface area (Å²) < 4.78 is 0. The number of hydrogen-bond acceptors (Lipinski definition) is 0. The van der Waals surface area contributed by atoms with Gasteiger partial charge in [-0.3, -0.25) is 19.6 Å². The van der Waals surface area contributed by atoms with Crippen LogP contribution < -0.4 is 0 Å². The summed E-state index contributed by atoms with van der Waals surface area (Å²) in [7, 11) is 0. The molecular weight excluding hydrogens is 180 g/mol. The fourth-order valence-corrected chi connectivity index (χ4v) is 0. The van der Waals surface area contributed by atoms with E-state index in [1.807, 2.05) is 0 Å². The van der Waals surface area contributed by atoms with Crippen molar-refractivity contribution >= 4 is 0 Å². The molecule has 0 rings (SSSR count). The third-order valence-electron chi connectivity index (χ3n) is 0. The van der Waals surface area contributed by atoms with Crippen LogP contribution in [0.25, 0.3) is 63.9 Å². The molecule has 12 heteroatoms. The van der Waals surface area contributed by atoms with Crippen LogP contribution in [-0.4, -0.2) is 0 Å². The first-order valence-electron chi connectivity index (χ1n) is 1.60. The van der Waals surface area contributed by atoms with E-state index in [0.29, 0.717) is 0 Å². The molecule has 0 atom stereocenters. The quantitative estimate of drug-likeness (QED) is 0.295. The summed E-state index contributed by atoms with van der Waals surface area (Å²) in [6.45, 7) is 0. The van der Waals surface area contributed by atoms with Crippen LogP contribution in [0, 0.1) is 7.43 Å². The van der Waals surface area contributed by atoms with Gasteiger partial charge in [-0.05, 0) is 0 Å². The average molecular weight is 180 g/mol. The second-order valence-electron chi connectivity index (χ2n) is 0.358. The predicted molar refractivity (Wildman–Crippen MR) is 43.6 cm³/mol. The largest absolute Gasteiger partial charge is 4.00 e. The molecule has 12 nitrogen and oxygen atoms in total. The van der Waals surface area contributed by atoms with Crippen molar-refractivity contribution in [3.8, 4) is 0 Å². The van der Waals surface area contributed by atoms with Gasteiger partial charge in [0.15, 0.2) is 0 Å². The minimum Gasteiger partial charge on any atom is -0.373 e. The molecule has 0 fully saturated rings. The molecule has 13 heavy (non-hydrogen) atoms. The number of nitrogens with zero attached hydrogens (tertiary/aromatic N) is 12. The fraction of sp³-hybridized carbons (Fsp3) is 0. The standard InChI is InChI=1S/C.4N3/c;4*1-3-2/q+4;4*-1. The van der Waals surface area contributed by atoms with Crippen molar-refractivity contribution in [2.24, 2.45) is 0 Å². The van der Waals surface area contributed by atoms with E-state index in [2.05, 4.69) is 0 Å². The molecular formula is CN12. The Kier molecular flexibility index (Phi) is 999. The van der Waals surface area contributed by atoms with Crippen molar-refractivity contribution in [3.05, 3.63) is 71.3 Å². The van der Waals surface area contributed by atoms with E-state index in [4.69, 9.17) is 44.2 Å². The van der Waals surface area contributed by atoms with Gasteiger partial charge in [0.25, 0.3) is 0 Å². The summed E-state index contributed by atoms with van der Waals surface area (Å²) in [5.41, 5.74) is 54.0. The van der Waals surface area contributed by atoms with Gasteiger partial charge < -0.3 is 44.2 Å². The molecule has 0 aliphatic rings. The first-order chi connectivity index (χ1) is 5.66. The van der Waals surface area contributed by atoms with E-state index in [1.54, 1.807) is 0 Å². The summed E-state index contributed by atoms with van der Waals surface area (Å²) >= 11 is 0. The number of rotatable bonds is 0. The van der Waals surface area contributed by atoms with Crippen molar-refractivity contribution in [1.29, 1.82) is 0 Å². The van der Waals surface area contributed by atoms with Gasteiger partial charge in [-0.1, -0.05) is 0 Å². The summed E-state index contributed by atoms with van der Waals surface area (Å²) in [4.78, 5) is 6.00. The van der Waals surface area contributed by atoms with Crippen molar-refractivity contribution < 1.29 is 0 Å². The Hall–Kier alpha value is -2.76. The Balaban J connectivity index is -0.0000000213. The molecule has 0 aromatic carbocycles. The van der Waals surface area contributed by atoms with Crippen LogP contribution in [0.2, 0.25) is 0 Å². The van der Waals surface area contributed by atoms with E-state index >= 15 is 0 Å². The SMILES string of the molecule is [C+4].[N-]=[N+]=[N-].[N-]=[N+]=[N-].[N-]=[N+]=[N-].[N-]=[N+]=[N-]. The molecule has 0 aliphatic carbocycles. The smallest absolute Gasteiger partial charge is 0.373 e. The van der Waals surface area contributed by atoms with Gasteiger partial charge in [-0.25, -0.2) is 0 Å². The fourth-order valence-electron chi connectivity index (χ4n) is 0. The van der Waals surface area contributed by atoms with Crippen LogP contribution in [0.4, 0.5) is 0 Å².